The second kappa shape index (κ2) is 9.05. The third-order valence-corrected chi connectivity index (χ3v) is 5.22. The van der Waals surface area contributed by atoms with Crippen LogP contribution in [0.2, 0.25) is 0 Å². The number of aryl methyl sites for hydroxylation is 1. The van der Waals surface area contributed by atoms with Gasteiger partial charge in [-0.2, -0.15) is 13.2 Å². The summed E-state index contributed by atoms with van der Waals surface area (Å²) in [5.41, 5.74) is -0.765. The molecule has 0 atom stereocenters. The number of alkyl halides is 3. The zero-order valence-electron chi connectivity index (χ0n) is 18.6. The molecule has 10 heteroatoms. The molecule has 0 aliphatic carbocycles. The lowest BCUT2D eigenvalue weighted by molar-refractivity contribution is -0.137. The van der Waals surface area contributed by atoms with Crippen LogP contribution in [0.25, 0.3) is 16.6 Å². The first kappa shape index (κ1) is 23.7. The number of hydrogen-bond acceptors (Lipinski definition) is 4. The number of para-hydroxylation sites is 1. The molecule has 4 aromatic rings. The van der Waals surface area contributed by atoms with Crippen molar-refractivity contribution >= 4 is 34.1 Å². The van der Waals surface area contributed by atoms with Crippen LogP contribution in [-0.4, -0.2) is 21.4 Å². The molecule has 2 amide bonds. The Morgan fingerprint density at radius 2 is 1.63 bits per heavy atom. The summed E-state index contributed by atoms with van der Waals surface area (Å²) < 4.78 is 42.0. The van der Waals surface area contributed by atoms with Crippen LogP contribution in [-0.2, 0) is 11.0 Å². The van der Waals surface area contributed by atoms with E-state index in [0.717, 1.165) is 12.1 Å². The first-order chi connectivity index (χ1) is 16.5. The minimum atomic E-state index is -4.76. The molecule has 0 saturated heterocycles. The van der Waals surface area contributed by atoms with Crippen molar-refractivity contribution in [3.63, 3.8) is 0 Å². The van der Waals surface area contributed by atoms with Crippen molar-refractivity contribution in [1.29, 1.82) is 0 Å². The Balaban J connectivity index is 1.63. The third-order valence-electron chi connectivity index (χ3n) is 5.22. The van der Waals surface area contributed by atoms with Crippen molar-refractivity contribution in [2.75, 3.05) is 10.6 Å². The Morgan fingerprint density at radius 3 is 2.29 bits per heavy atom. The Bertz CT molecular complexity index is 1510. The van der Waals surface area contributed by atoms with Gasteiger partial charge in [0.1, 0.15) is 5.82 Å². The van der Waals surface area contributed by atoms with Gasteiger partial charge in [0, 0.05) is 18.2 Å². The normalized spacial score (nSPS) is 11.3. The fourth-order valence-corrected chi connectivity index (χ4v) is 3.67. The van der Waals surface area contributed by atoms with Gasteiger partial charge in [-0.05, 0) is 61.5 Å². The molecule has 0 bridgehead atoms. The molecule has 0 fully saturated rings. The zero-order chi connectivity index (χ0) is 25.3. The van der Waals surface area contributed by atoms with Crippen LogP contribution in [0.5, 0.6) is 0 Å². The van der Waals surface area contributed by atoms with Gasteiger partial charge in [0.05, 0.1) is 27.8 Å². The molecular weight excluding hydrogens is 461 g/mol. The van der Waals surface area contributed by atoms with Crippen LogP contribution in [0.15, 0.2) is 71.5 Å². The second-order valence-corrected chi connectivity index (χ2v) is 7.76. The second-order valence-electron chi connectivity index (χ2n) is 7.76. The molecular formula is C25H19F3N4O3. The molecule has 7 nitrogen and oxygen atoms in total. The SMILES string of the molecule is CC(=O)Nc1ccc(NC(=O)c2ccc(-n3c(C)nc4ccccc4c3=O)cc2)c(C(F)(F)F)c1. The quantitative estimate of drug-likeness (QED) is 0.434. The molecule has 0 aliphatic rings. The summed E-state index contributed by atoms with van der Waals surface area (Å²) >= 11 is 0. The summed E-state index contributed by atoms with van der Waals surface area (Å²) in [7, 11) is 0. The molecule has 4 rings (SSSR count). The van der Waals surface area contributed by atoms with E-state index >= 15 is 0 Å². The van der Waals surface area contributed by atoms with Gasteiger partial charge in [-0.25, -0.2) is 4.98 Å². The van der Waals surface area contributed by atoms with Crippen LogP contribution in [0.4, 0.5) is 24.5 Å². The average molecular weight is 480 g/mol. The number of hydrogen-bond donors (Lipinski definition) is 2. The van der Waals surface area contributed by atoms with Crippen molar-refractivity contribution in [1.82, 2.24) is 9.55 Å². The van der Waals surface area contributed by atoms with Crippen LogP contribution in [0.3, 0.4) is 0 Å². The smallest absolute Gasteiger partial charge is 0.326 e. The van der Waals surface area contributed by atoms with E-state index < -0.39 is 29.2 Å². The van der Waals surface area contributed by atoms with Crippen LogP contribution < -0.4 is 16.2 Å². The molecule has 0 saturated carbocycles. The number of rotatable bonds is 4. The fourth-order valence-electron chi connectivity index (χ4n) is 3.67. The molecule has 0 radical (unpaired) electrons. The highest BCUT2D eigenvalue weighted by Crippen LogP contribution is 2.36. The summed E-state index contributed by atoms with van der Waals surface area (Å²) in [6.45, 7) is 2.86. The van der Waals surface area contributed by atoms with Crippen molar-refractivity contribution in [3.05, 3.63) is 94.0 Å². The molecule has 1 aromatic heterocycles. The lowest BCUT2D eigenvalue weighted by atomic mass is 10.1. The van der Waals surface area contributed by atoms with Crippen LogP contribution in [0, 0.1) is 6.92 Å². The number of carbonyl (C=O) groups excluding carboxylic acids is 2. The number of carbonyl (C=O) groups is 2. The topological polar surface area (TPSA) is 93.1 Å². The van der Waals surface area contributed by atoms with Crippen molar-refractivity contribution in [2.45, 2.75) is 20.0 Å². The maximum atomic E-state index is 13.5. The van der Waals surface area contributed by atoms with Gasteiger partial charge in [-0.15, -0.1) is 0 Å². The number of aromatic nitrogens is 2. The Hall–Kier alpha value is -4.47. The van der Waals surface area contributed by atoms with Gasteiger partial charge in [-0.3, -0.25) is 19.0 Å². The van der Waals surface area contributed by atoms with Crippen LogP contribution in [0.1, 0.15) is 28.7 Å². The molecule has 0 spiro atoms. The van der Waals surface area contributed by atoms with E-state index in [2.05, 4.69) is 15.6 Å². The first-order valence-electron chi connectivity index (χ1n) is 10.4. The summed E-state index contributed by atoms with van der Waals surface area (Å²) in [5.74, 6) is -0.846. The number of benzene rings is 3. The van der Waals surface area contributed by atoms with E-state index in [1.165, 1.54) is 41.8 Å². The maximum absolute atomic E-state index is 13.5. The summed E-state index contributed by atoms with van der Waals surface area (Å²) in [6.07, 6.45) is -4.76. The predicted molar refractivity (Wildman–Crippen MR) is 126 cm³/mol. The van der Waals surface area contributed by atoms with Gasteiger partial charge in [0.25, 0.3) is 11.5 Å². The maximum Gasteiger partial charge on any atom is 0.418 e. The lowest BCUT2D eigenvalue weighted by Crippen LogP contribution is -2.22. The number of fused-ring (bicyclic) bond motifs is 1. The molecule has 1 heterocycles. The highest BCUT2D eigenvalue weighted by Gasteiger charge is 2.34. The number of halogens is 3. The van der Waals surface area contributed by atoms with E-state index in [0.29, 0.717) is 22.4 Å². The Kier molecular flexibility index (Phi) is 6.12. The minimum Gasteiger partial charge on any atom is -0.326 e. The fraction of sp³-hybridized carbons (Fsp3) is 0.120. The Morgan fingerprint density at radius 1 is 0.943 bits per heavy atom. The monoisotopic (exact) mass is 480 g/mol. The van der Waals surface area contributed by atoms with Crippen molar-refractivity contribution in [2.24, 2.45) is 0 Å². The molecule has 3 aromatic carbocycles. The predicted octanol–water partition coefficient (Wildman–Crippen LogP) is 4.92. The van der Waals surface area contributed by atoms with E-state index in [9.17, 15) is 27.6 Å². The molecule has 35 heavy (non-hydrogen) atoms. The number of anilines is 2. The highest BCUT2D eigenvalue weighted by molar-refractivity contribution is 6.05. The average Bonchev–Trinajstić information content (AvgIpc) is 2.79. The molecule has 178 valence electrons. The van der Waals surface area contributed by atoms with E-state index in [-0.39, 0.29) is 16.8 Å². The number of amides is 2. The van der Waals surface area contributed by atoms with E-state index in [1.54, 1.807) is 31.2 Å². The van der Waals surface area contributed by atoms with E-state index in [4.69, 9.17) is 0 Å². The van der Waals surface area contributed by atoms with Gasteiger partial charge in [0.2, 0.25) is 5.91 Å². The van der Waals surface area contributed by atoms with Gasteiger partial charge < -0.3 is 10.6 Å². The summed E-state index contributed by atoms with van der Waals surface area (Å²) in [6, 6.07) is 15.9. The molecule has 0 aliphatic heterocycles. The largest absolute Gasteiger partial charge is 0.418 e. The number of nitrogens with one attached hydrogen (secondary N) is 2. The number of nitrogens with zero attached hydrogens (tertiary/aromatic N) is 2. The summed E-state index contributed by atoms with van der Waals surface area (Å²) in [4.78, 5) is 41.2. The lowest BCUT2D eigenvalue weighted by Gasteiger charge is -2.16. The summed E-state index contributed by atoms with van der Waals surface area (Å²) in [5, 5.41) is 4.99. The van der Waals surface area contributed by atoms with Gasteiger partial charge in [-0.1, -0.05) is 12.1 Å². The van der Waals surface area contributed by atoms with Gasteiger partial charge >= 0.3 is 6.18 Å². The van der Waals surface area contributed by atoms with Crippen LogP contribution >= 0.6 is 0 Å². The zero-order valence-corrected chi connectivity index (χ0v) is 18.6. The Labute approximate surface area is 197 Å². The standard InChI is InChI=1S/C25H19F3N4O3/c1-14-29-21-6-4-3-5-19(21)24(35)32(14)18-10-7-16(8-11-18)23(34)31-22-12-9-17(30-15(2)33)13-20(22)25(26,27)28/h3-13H,1-2H3,(H,30,33)(H,31,34). The van der Waals surface area contributed by atoms with E-state index in [1.807, 2.05) is 0 Å². The molecule has 2 N–H and O–H groups in total. The van der Waals surface area contributed by atoms with Crippen molar-refractivity contribution in [3.8, 4) is 5.69 Å². The van der Waals surface area contributed by atoms with Gasteiger partial charge in [0.15, 0.2) is 0 Å². The highest BCUT2D eigenvalue weighted by atomic mass is 19.4. The first-order valence-corrected chi connectivity index (χ1v) is 10.4. The van der Waals surface area contributed by atoms with Crippen molar-refractivity contribution < 1.29 is 22.8 Å². The molecule has 0 unspecified atom stereocenters. The minimum absolute atomic E-state index is 0.0445. The third kappa shape index (κ3) is 4.91.